The number of para-hydroxylation sites is 1. The van der Waals surface area contributed by atoms with Gasteiger partial charge in [0.1, 0.15) is 6.07 Å². The SMILES string of the molecule is CCOC(=O)C(C#N)=NOCC(=O)N1CCN(c2ccccc2)CC1. The second kappa shape index (κ2) is 9.27. The number of amides is 1. The summed E-state index contributed by atoms with van der Waals surface area (Å²) in [6, 6.07) is 11.6. The lowest BCUT2D eigenvalue weighted by Crippen LogP contribution is -2.49. The highest BCUT2D eigenvalue weighted by Gasteiger charge is 2.22. The van der Waals surface area contributed by atoms with Crippen LogP contribution in [0.5, 0.6) is 0 Å². The predicted octanol–water partition coefficient (Wildman–Crippen LogP) is 0.794. The first-order valence-corrected chi connectivity index (χ1v) is 8.00. The highest BCUT2D eigenvalue weighted by molar-refractivity contribution is 6.42. The van der Waals surface area contributed by atoms with Crippen LogP contribution in [-0.2, 0) is 19.2 Å². The van der Waals surface area contributed by atoms with Crippen molar-refractivity contribution in [2.45, 2.75) is 6.92 Å². The normalized spacial score (nSPS) is 14.6. The van der Waals surface area contributed by atoms with Gasteiger partial charge in [0.2, 0.25) is 0 Å². The molecule has 8 heteroatoms. The third-order valence-electron chi connectivity index (χ3n) is 3.67. The van der Waals surface area contributed by atoms with Crippen molar-refractivity contribution in [2.24, 2.45) is 5.16 Å². The van der Waals surface area contributed by atoms with Crippen molar-refractivity contribution >= 4 is 23.3 Å². The molecule has 0 bridgehead atoms. The zero-order valence-electron chi connectivity index (χ0n) is 14.1. The van der Waals surface area contributed by atoms with Gasteiger partial charge in [-0.1, -0.05) is 23.4 Å². The topological polar surface area (TPSA) is 95.2 Å². The lowest BCUT2D eigenvalue weighted by Gasteiger charge is -2.35. The number of benzene rings is 1. The number of esters is 1. The fraction of sp³-hybridized carbons (Fsp3) is 0.412. The first-order chi connectivity index (χ1) is 12.2. The van der Waals surface area contributed by atoms with E-state index in [4.69, 9.17) is 10.1 Å². The van der Waals surface area contributed by atoms with E-state index < -0.39 is 11.7 Å². The van der Waals surface area contributed by atoms with Crippen LogP contribution in [0.1, 0.15) is 6.92 Å². The number of anilines is 1. The summed E-state index contributed by atoms with van der Waals surface area (Å²) in [6.45, 7) is 4.02. The second-order valence-electron chi connectivity index (χ2n) is 5.25. The van der Waals surface area contributed by atoms with Crippen LogP contribution < -0.4 is 4.90 Å². The molecule has 0 N–H and O–H groups in total. The Balaban J connectivity index is 1.79. The van der Waals surface area contributed by atoms with Crippen LogP contribution in [0.15, 0.2) is 35.5 Å². The summed E-state index contributed by atoms with van der Waals surface area (Å²) < 4.78 is 4.65. The van der Waals surface area contributed by atoms with E-state index in [1.54, 1.807) is 17.9 Å². The Morgan fingerprint density at radius 3 is 2.48 bits per heavy atom. The minimum absolute atomic E-state index is 0.129. The molecule has 0 saturated carbocycles. The maximum atomic E-state index is 12.1. The molecule has 1 fully saturated rings. The zero-order chi connectivity index (χ0) is 18.1. The van der Waals surface area contributed by atoms with Gasteiger partial charge in [0.05, 0.1) is 6.61 Å². The zero-order valence-corrected chi connectivity index (χ0v) is 14.1. The minimum atomic E-state index is -0.867. The smallest absolute Gasteiger partial charge is 0.371 e. The van der Waals surface area contributed by atoms with Crippen LogP contribution in [0.3, 0.4) is 0 Å². The van der Waals surface area contributed by atoms with E-state index in [0.717, 1.165) is 18.8 Å². The average molecular weight is 344 g/mol. The average Bonchev–Trinajstić information content (AvgIpc) is 2.66. The molecule has 1 aromatic rings. The number of oxime groups is 1. The Kier molecular flexibility index (Phi) is 6.77. The monoisotopic (exact) mass is 344 g/mol. The van der Waals surface area contributed by atoms with E-state index in [0.29, 0.717) is 13.1 Å². The number of hydrogen-bond donors (Lipinski definition) is 0. The number of rotatable bonds is 6. The van der Waals surface area contributed by atoms with Crippen LogP contribution in [0, 0.1) is 11.3 Å². The van der Waals surface area contributed by atoms with Gasteiger partial charge >= 0.3 is 5.97 Å². The van der Waals surface area contributed by atoms with Crippen molar-refractivity contribution in [3.05, 3.63) is 30.3 Å². The Hall–Kier alpha value is -3.08. The third-order valence-corrected chi connectivity index (χ3v) is 3.67. The number of carbonyl (C=O) groups excluding carboxylic acids is 2. The van der Waals surface area contributed by atoms with E-state index in [1.807, 2.05) is 30.3 Å². The molecule has 0 aliphatic carbocycles. The number of nitriles is 1. The van der Waals surface area contributed by atoms with E-state index in [9.17, 15) is 9.59 Å². The summed E-state index contributed by atoms with van der Waals surface area (Å²) in [5.41, 5.74) is 0.618. The number of ether oxygens (including phenoxy) is 1. The highest BCUT2D eigenvalue weighted by atomic mass is 16.6. The van der Waals surface area contributed by atoms with E-state index >= 15 is 0 Å². The fourth-order valence-corrected chi connectivity index (χ4v) is 2.40. The van der Waals surface area contributed by atoms with E-state index in [-0.39, 0.29) is 19.1 Å². The number of nitrogens with zero attached hydrogens (tertiary/aromatic N) is 4. The molecule has 1 saturated heterocycles. The second-order valence-corrected chi connectivity index (χ2v) is 5.25. The van der Waals surface area contributed by atoms with Gasteiger partial charge in [-0.3, -0.25) is 4.79 Å². The molecule has 0 radical (unpaired) electrons. The Labute approximate surface area is 146 Å². The third kappa shape index (κ3) is 5.21. The summed E-state index contributed by atoms with van der Waals surface area (Å²) in [5.74, 6) is -1.11. The summed E-state index contributed by atoms with van der Waals surface area (Å²) in [4.78, 5) is 32.2. The number of piperazine rings is 1. The van der Waals surface area contributed by atoms with Crippen LogP contribution in [0.2, 0.25) is 0 Å². The molecule has 0 aromatic heterocycles. The molecule has 0 atom stereocenters. The van der Waals surface area contributed by atoms with Crippen molar-refractivity contribution < 1.29 is 19.2 Å². The van der Waals surface area contributed by atoms with Crippen molar-refractivity contribution in [1.29, 1.82) is 5.26 Å². The van der Waals surface area contributed by atoms with Crippen molar-refractivity contribution in [3.63, 3.8) is 0 Å². The fourth-order valence-electron chi connectivity index (χ4n) is 2.40. The van der Waals surface area contributed by atoms with Crippen molar-refractivity contribution in [2.75, 3.05) is 44.3 Å². The van der Waals surface area contributed by atoms with E-state index in [1.165, 1.54) is 0 Å². The maximum Gasteiger partial charge on any atom is 0.371 e. The lowest BCUT2D eigenvalue weighted by atomic mass is 10.2. The molecule has 25 heavy (non-hydrogen) atoms. The summed E-state index contributed by atoms with van der Waals surface area (Å²) in [7, 11) is 0. The summed E-state index contributed by atoms with van der Waals surface area (Å²) >= 11 is 0. The quantitative estimate of drug-likeness (QED) is 0.430. The van der Waals surface area contributed by atoms with Crippen LogP contribution in [0.4, 0.5) is 5.69 Å². The molecule has 1 aliphatic rings. The van der Waals surface area contributed by atoms with Gasteiger partial charge in [-0.2, -0.15) is 5.26 Å². The highest BCUT2D eigenvalue weighted by Crippen LogP contribution is 2.15. The number of carbonyl (C=O) groups is 2. The van der Waals surface area contributed by atoms with Gasteiger partial charge in [-0.15, -0.1) is 0 Å². The molecular formula is C17H20N4O4. The molecule has 1 amide bonds. The molecule has 0 spiro atoms. The van der Waals surface area contributed by atoms with Gasteiger partial charge in [0.25, 0.3) is 11.6 Å². The minimum Gasteiger partial charge on any atom is -0.461 e. The van der Waals surface area contributed by atoms with Gasteiger partial charge in [0, 0.05) is 31.9 Å². The lowest BCUT2D eigenvalue weighted by molar-refractivity contribution is -0.138. The summed E-state index contributed by atoms with van der Waals surface area (Å²) in [5, 5.41) is 12.2. The van der Waals surface area contributed by atoms with Crippen LogP contribution in [0.25, 0.3) is 0 Å². The van der Waals surface area contributed by atoms with Gasteiger partial charge < -0.3 is 19.4 Å². The molecular weight excluding hydrogens is 324 g/mol. The predicted molar refractivity (Wildman–Crippen MR) is 90.9 cm³/mol. The molecule has 132 valence electrons. The van der Waals surface area contributed by atoms with Crippen molar-refractivity contribution in [3.8, 4) is 6.07 Å². The number of hydrogen-bond acceptors (Lipinski definition) is 7. The van der Waals surface area contributed by atoms with Gasteiger partial charge in [-0.25, -0.2) is 4.79 Å². The van der Waals surface area contributed by atoms with Gasteiger partial charge in [-0.05, 0) is 19.1 Å². The molecule has 0 unspecified atom stereocenters. The summed E-state index contributed by atoms with van der Waals surface area (Å²) in [6.07, 6.45) is 0. The van der Waals surface area contributed by atoms with Crippen LogP contribution in [-0.4, -0.2) is 61.9 Å². The van der Waals surface area contributed by atoms with Gasteiger partial charge in [0.15, 0.2) is 6.61 Å². The van der Waals surface area contributed by atoms with E-state index in [2.05, 4.69) is 14.8 Å². The standard InChI is InChI=1S/C17H20N4O4/c1-2-24-17(23)15(12-18)19-25-13-16(22)21-10-8-20(9-11-21)14-6-4-3-5-7-14/h3-7H,2,8-11,13H2,1H3. The molecule has 1 aromatic carbocycles. The molecule has 2 rings (SSSR count). The molecule has 8 nitrogen and oxygen atoms in total. The Bertz CT molecular complexity index is 661. The molecule has 1 heterocycles. The van der Waals surface area contributed by atoms with Crippen LogP contribution >= 0.6 is 0 Å². The Morgan fingerprint density at radius 2 is 1.88 bits per heavy atom. The molecule has 1 aliphatic heterocycles. The largest absolute Gasteiger partial charge is 0.461 e. The Morgan fingerprint density at radius 1 is 1.20 bits per heavy atom. The maximum absolute atomic E-state index is 12.1. The first kappa shape index (κ1) is 18.3. The first-order valence-electron chi connectivity index (χ1n) is 8.00. The van der Waals surface area contributed by atoms with Crippen molar-refractivity contribution in [1.82, 2.24) is 4.90 Å².